The number of fused-ring (bicyclic) bond motifs is 4. The Hall–Kier alpha value is -14.3. The number of rotatable bonds is 15. The molecule has 28 nitrogen and oxygen atoms in total. The van der Waals surface area contributed by atoms with E-state index >= 15 is 0 Å². The zero-order valence-electron chi connectivity index (χ0n) is 69.2. The van der Waals surface area contributed by atoms with Crippen molar-refractivity contribution in [3.8, 4) is 65.5 Å². The van der Waals surface area contributed by atoms with E-state index in [9.17, 15) is 48.3 Å². The molecular formula is C93H81Cl2N17O11S4. The van der Waals surface area contributed by atoms with Gasteiger partial charge in [-0.2, -0.15) is 0 Å². The van der Waals surface area contributed by atoms with Crippen LogP contribution < -0.4 is 27.0 Å². The van der Waals surface area contributed by atoms with Crippen LogP contribution in [0.25, 0.3) is 88.8 Å². The smallest absolute Gasteiger partial charge is 0.337 e. The number of aromatic nitrogens is 10. The number of aromatic carboxylic acids is 2. The lowest BCUT2D eigenvalue weighted by Crippen LogP contribution is -2.47. The first kappa shape index (κ1) is 90.5. The molecule has 10 aromatic heterocycles. The Morgan fingerprint density at radius 3 is 1.27 bits per heavy atom. The summed E-state index contributed by atoms with van der Waals surface area (Å²) in [6.45, 7) is 13.7. The van der Waals surface area contributed by atoms with Crippen molar-refractivity contribution >= 4 is 175 Å². The first-order valence-electron chi connectivity index (χ1n) is 39.2. The number of halogens is 2. The van der Waals surface area contributed by atoms with E-state index in [2.05, 4.69) is 73.1 Å². The fourth-order valence-corrected chi connectivity index (χ4v) is 17.3. The number of thiocarbonyl (C=S) groups is 1. The van der Waals surface area contributed by atoms with Gasteiger partial charge in [-0.15, -0.1) is 58.0 Å². The Labute approximate surface area is 756 Å². The number of benzene rings is 4. The van der Waals surface area contributed by atoms with Crippen molar-refractivity contribution in [2.24, 2.45) is 5.73 Å². The van der Waals surface area contributed by atoms with Gasteiger partial charge in [0.05, 0.1) is 69.3 Å². The molecule has 0 unspecified atom stereocenters. The maximum absolute atomic E-state index is 13.3. The van der Waals surface area contributed by atoms with E-state index in [1.807, 2.05) is 144 Å². The standard InChI is InChI=1S/C29H28N6O2S.C24H18N4O3S.C16H11N3OS.C10H8ClNO2.C8H9NO3.C6H6N2S.ClH/c1-17-24(31-18(2)26(17)29(37)35-11-9-34(3)10-12-35)14-22-21-13-19(6-7-23(21)32-27(22)36)25-16-38-28(33-25)20-5-4-8-30-15-20;1-12-19(26-13(2)21(12)24(30)31)9-17-16-8-14(5-6-18(16)27-22(17)29)20-11-32-23(28-20)15-4-3-7-25-10-15;20-15-7-12-6-10(3-4-13(12)18-15)14-9-21-16(19-14)11-2-1-5-17-8-11;11-5-9(13)6-1-2-8-7(3-6)4-10(14)12-8;1-4-6(3-10)9-5(2)7(4)8(11)12;7-6(9)5-2-1-3-8-4-5;/h4-8,13-16,31H,9-12H2,1-3H3,(H,32,36);3-11,26H,1-2H3,(H,27,29)(H,30,31);1-6,8-9H,7H2,(H,18,20);1-3H,4-5H2,(H,12,14);3,9H,1-2H3,(H,11,12);1-4H,(H2,7,9);1H/b22-14-;17-9-;;;;;. The lowest BCUT2D eigenvalue weighted by atomic mass is 10.0. The molecule has 0 aliphatic carbocycles. The number of alkyl halides is 1. The molecule has 5 aliphatic rings. The molecule has 34 heteroatoms. The van der Waals surface area contributed by atoms with Crippen molar-refractivity contribution in [1.29, 1.82) is 0 Å². The zero-order chi connectivity index (χ0) is 89.1. The van der Waals surface area contributed by atoms with Crippen molar-refractivity contribution in [3.05, 3.63) is 288 Å². The summed E-state index contributed by atoms with van der Waals surface area (Å²) in [4.78, 5) is 149. The summed E-state index contributed by atoms with van der Waals surface area (Å²) < 4.78 is 0. The number of aldehydes is 1. The largest absolute Gasteiger partial charge is 0.478 e. The molecule has 11 N–H and O–H groups in total. The number of hydrogen-bond acceptors (Lipinski definition) is 21. The Bertz CT molecular complexity index is 6670. The number of aryl methyl sites for hydroxylation is 3. The highest BCUT2D eigenvalue weighted by Gasteiger charge is 2.31. The highest BCUT2D eigenvalue weighted by molar-refractivity contribution is 7.80. The summed E-state index contributed by atoms with van der Waals surface area (Å²) in [6, 6.07) is 38.0. The van der Waals surface area contributed by atoms with Gasteiger partial charge in [-0.1, -0.05) is 30.4 Å². The van der Waals surface area contributed by atoms with Gasteiger partial charge >= 0.3 is 11.9 Å². The van der Waals surface area contributed by atoms with E-state index < -0.39 is 11.9 Å². The number of carbonyl (C=O) groups excluding carboxylic acids is 7. The molecular weight excluding hydrogens is 1730 g/mol. The minimum atomic E-state index is -1.01. The fourth-order valence-electron chi connectivity index (χ4n) is 14.6. The topological polar surface area (TPSA) is 412 Å². The number of hydrogen-bond donors (Lipinski definition) is 10. The Kier molecular flexibility index (Phi) is 28.6. The molecule has 0 radical (unpaired) electrons. The summed E-state index contributed by atoms with van der Waals surface area (Å²) in [5.74, 6) is -2.47. The molecule has 15 heterocycles. The first-order chi connectivity index (χ1) is 60.7. The van der Waals surface area contributed by atoms with E-state index in [-0.39, 0.29) is 64.7 Å². The third-order valence-corrected chi connectivity index (χ3v) is 24.3. The van der Waals surface area contributed by atoms with Gasteiger partial charge in [-0.05, 0) is 192 Å². The van der Waals surface area contributed by atoms with Crippen LogP contribution in [0.3, 0.4) is 0 Å². The molecule has 5 aliphatic heterocycles. The summed E-state index contributed by atoms with van der Waals surface area (Å²) in [6.07, 6.45) is 18.9. The molecule has 14 aromatic rings. The number of piperazine rings is 1. The molecule has 0 bridgehead atoms. The van der Waals surface area contributed by atoms with Crippen LogP contribution >= 0.6 is 70.2 Å². The lowest BCUT2D eigenvalue weighted by molar-refractivity contribution is -0.115. The summed E-state index contributed by atoms with van der Waals surface area (Å²) in [5.41, 5.74) is 29.5. The first-order valence-corrected chi connectivity index (χ1v) is 42.8. The minimum absolute atomic E-state index is 0. The number of anilines is 4. The third kappa shape index (κ3) is 20.7. The van der Waals surface area contributed by atoms with Gasteiger partial charge in [0, 0.05) is 199 Å². The summed E-state index contributed by atoms with van der Waals surface area (Å²) >= 11 is 14.8. The Morgan fingerprint density at radius 2 is 0.882 bits per heavy atom. The number of pyridine rings is 4. The SMILES string of the molecule is Cc1[nH]c(/C=C2\C(=O)Nc3ccc(-c4csc(-c5cccnc5)n4)cc32)c(C)c1C(=O)N1CCN(C)CC1.Cc1[nH]c(/C=C2\C(=O)Nc3ccc(-c4csc(-c5cccnc5)n4)cc32)c(C)c1C(=O)O.Cc1[nH]c(C=O)c(C)c1C(=O)O.Cl.NC(=S)c1cccnc1.O=C1Cc2cc(-c3csc(-c4cccnc4)n3)ccc2N1.O=C1Cc2cc(C(=O)CCl)ccc2N1. The number of carboxylic acids is 2. The maximum atomic E-state index is 13.3. The number of aromatic amines is 3. The van der Waals surface area contributed by atoms with Crippen molar-refractivity contribution in [1.82, 2.24) is 59.6 Å². The minimum Gasteiger partial charge on any atom is -0.478 e. The van der Waals surface area contributed by atoms with Crippen LogP contribution in [0.1, 0.15) is 125 Å². The van der Waals surface area contributed by atoms with Gasteiger partial charge < -0.3 is 62.0 Å². The summed E-state index contributed by atoms with van der Waals surface area (Å²) in [7, 11) is 2.07. The van der Waals surface area contributed by atoms with E-state index in [0.29, 0.717) is 99.1 Å². The van der Waals surface area contributed by atoms with Crippen molar-refractivity contribution in [3.63, 3.8) is 0 Å². The average molecular weight is 1810 g/mol. The number of thiazole rings is 3. The number of nitrogens with two attached hydrogens (primary N) is 1. The Balaban J connectivity index is 0.000000139. The van der Waals surface area contributed by atoms with Crippen LogP contribution in [-0.4, -0.2) is 167 Å². The number of likely N-dealkylation sites (N-methyl/N-ethyl adjacent to an activating group) is 1. The van der Waals surface area contributed by atoms with Gasteiger partial charge in [0.25, 0.3) is 17.7 Å². The molecule has 5 amide bonds. The normalized spacial score (nSPS) is 13.7. The molecule has 642 valence electrons. The van der Waals surface area contributed by atoms with Crippen LogP contribution in [0.2, 0.25) is 0 Å². The van der Waals surface area contributed by atoms with Crippen LogP contribution in [0.4, 0.5) is 22.7 Å². The molecule has 0 saturated carbocycles. The summed E-state index contributed by atoms with van der Waals surface area (Å²) in [5, 5.41) is 38.3. The highest BCUT2D eigenvalue weighted by atomic mass is 35.5. The number of amides is 5. The van der Waals surface area contributed by atoms with Gasteiger partial charge in [0.15, 0.2) is 12.1 Å². The van der Waals surface area contributed by atoms with Gasteiger partial charge in [-0.25, -0.2) is 24.5 Å². The van der Waals surface area contributed by atoms with Crippen molar-refractivity contribution in [2.75, 3.05) is 60.4 Å². The molecule has 19 rings (SSSR count). The molecule has 0 spiro atoms. The quantitative estimate of drug-likeness (QED) is 0.0150. The maximum Gasteiger partial charge on any atom is 0.337 e. The van der Waals surface area contributed by atoms with Gasteiger partial charge in [-0.3, -0.25) is 53.5 Å². The lowest BCUT2D eigenvalue weighted by Gasteiger charge is -2.32. The fraction of sp³-hybridized carbons (Fsp3) is 0.151. The second-order valence-electron chi connectivity index (χ2n) is 29.6. The molecule has 1 fully saturated rings. The van der Waals surface area contributed by atoms with Crippen LogP contribution in [0.5, 0.6) is 0 Å². The van der Waals surface area contributed by atoms with Gasteiger partial charge in [0.2, 0.25) is 11.8 Å². The van der Waals surface area contributed by atoms with Crippen LogP contribution in [0.15, 0.2) is 187 Å². The zero-order valence-corrected chi connectivity index (χ0v) is 74.0. The number of nitrogens with zero attached hydrogens (tertiary/aromatic N) is 9. The Morgan fingerprint density at radius 1 is 0.488 bits per heavy atom. The van der Waals surface area contributed by atoms with E-state index in [0.717, 1.165) is 140 Å². The third-order valence-electron chi connectivity index (χ3n) is 21.1. The average Bonchev–Trinajstić information content (AvgIpc) is 1.63. The van der Waals surface area contributed by atoms with Crippen LogP contribution in [0, 0.1) is 41.5 Å². The molecule has 4 aromatic carbocycles. The second kappa shape index (κ2) is 40.2. The van der Waals surface area contributed by atoms with Gasteiger partial charge in [0.1, 0.15) is 20.0 Å². The van der Waals surface area contributed by atoms with E-state index in [1.165, 1.54) is 11.3 Å². The van der Waals surface area contributed by atoms with E-state index in [1.54, 1.807) is 124 Å². The number of Topliss-reactive ketones (excluding diaryl/α,β-unsaturated/α-hetero) is 1. The van der Waals surface area contributed by atoms with Crippen LogP contribution in [-0.2, 0) is 32.0 Å². The monoisotopic (exact) mass is 1810 g/mol. The number of carboxylic acid groups (broad SMARTS) is 2. The van der Waals surface area contributed by atoms with Crippen molar-refractivity contribution in [2.45, 2.75) is 54.4 Å². The predicted molar refractivity (Wildman–Crippen MR) is 502 cm³/mol. The van der Waals surface area contributed by atoms with E-state index in [4.69, 9.17) is 44.6 Å². The molecule has 127 heavy (non-hydrogen) atoms. The predicted octanol–water partition coefficient (Wildman–Crippen LogP) is 17.0. The highest BCUT2D eigenvalue weighted by Crippen LogP contribution is 2.42. The number of carbonyl (C=O) groups is 9. The second-order valence-corrected chi connectivity index (χ2v) is 32.8. The number of ketones is 1. The molecule has 1 saturated heterocycles. The molecule has 0 atom stereocenters. The number of nitrogens with one attached hydrogen (secondary N) is 7. The number of H-pyrrole nitrogens is 3. The van der Waals surface area contributed by atoms with Crippen molar-refractivity contribution < 1.29 is 53.4 Å².